The summed E-state index contributed by atoms with van der Waals surface area (Å²) in [6, 6.07) is 13.8. The lowest BCUT2D eigenvalue weighted by atomic mass is 10.0. The maximum absolute atomic E-state index is 13.4. The topological polar surface area (TPSA) is 46.3 Å². The number of carbonyl (C=O) groups excluding carboxylic acids is 1. The van der Waals surface area contributed by atoms with E-state index in [1.54, 1.807) is 11.0 Å². The van der Waals surface area contributed by atoms with Gasteiger partial charge in [-0.05, 0) is 29.7 Å². The van der Waals surface area contributed by atoms with Crippen molar-refractivity contribution in [2.45, 2.75) is 18.9 Å². The van der Waals surface area contributed by atoms with E-state index in [0.717, 1.165) is 17.5 Å². The molecule has 0 saturated heterocycles. The van der Waals surface area contributed by atoms with Crippen LogP contribution in [0.3, 0.4) is 0 Å². The second-order valence-electron chi connectivity index (χ2n) is 5.29. The lowest BCUT2D eigenvalue weighted by Gasteiger charge is -2.20. The fourth-order valence-corrected chi connectivity index (χ4v) is 2.73. The van der Waals surface area contributed by atoms with Crippen LogP contribution in [0.2, 0.25) is 0 Å². The Bertz CT molecular complexity index is 657. The van der Waals surface area contributed by atoms with E-state index in [1.807, 2.05) is 30.3 Å². The van der Waals surface area contributed by atoms with Crippen LogP contribution in [0.25, 0.3) is 0 Å². The molecule has 2 aromatic carbocycles. The van der Waals surface area contributed by atoms with Gasteiger partial charge in [-0.25, -0.2) is 4.39 Å². The highest BCUT2D eigenvalue weighted by Gasteiger charge is 2.26. The van der Waals surface area contributed by atoms with Gasteiger partial charge in [0.1, 0.15) is 5.82 Å². The molecule has 0 aliphatic carbocycles. The maximum Gasteiger partial charge on any atom is 0.228 e. The molecule has 21 heavy (non-hydrogen) atoms. The Labute approximate surface area is 123 Å². The number of halogens is 1. The van der Waals surface area contributed by atoms with E-state index >= 15 is 0 Å². The van der Waals surface area contributed by atoms with Gasteiger partial charge in [0.15, 0.2) is 0 Å². The summed E-state index contributed by atoms with van der Waals surface area (Å²) in [4.78, 5) is 14.1. The molecule has 3 rings (SSSR count). The molecule has 1 aliphatic rings. The van der Waals surface area contributed by atoms with Gasteiger partial charge in [0.25, 0.3) is 0 Å². The predicted octanol–water partition coefficient (Wildman–Crippen LogP) is 2.80. The third kappa shape index (κ3) is 2.81. The Balaban J connectivity index is 1.75. The van der Waals surface area contributed by atoms with E-state index in [-0.39, 0.29) is 24.2 Å². The van der Waals surface area contributed by atoms with E-state index in [2.05, 4.69) is 0 Å². The molecule has 2 aromatic rings. The molecule has 1 unspecified atom stereocenters. The summed E-state index contributed by atoms with van der Waals surface area (Å²) in [7, 11) is 0. The summed E-state index contributed by atoms with van der Waals surface area (Å²) in [5.74, 6) is -0.378. The van der Waals surface area contributed by atoms with E-state index in [0.29, 0.717) is 12.2 Å². The van der Waals surface area contributed by atoms with Gasteiger partial charge < -0.3 is 10.6 Å². The third-order valence-electron chi connectivity index (χ3n) is 3.87. The summed E-state index contributed by atoms with van der Waals surface area (Å²) >= 11 is 0. The molecule has 0 spiro atoms. The highest BCUT2D eigenvalue weighted by atomic mass is 19.1. The zero-order chi connectivity index (χ0) is 14.8. The molecule has 4 heteroatoms. The molecular formula is C17H17FN2O. The molecule has 2 N–H and O–H groups in total. The van der Waals surface area contributed by atoms with Crippen LogP contribution in [0.1, 0.15) is 23.6 Å². The van der Waals surface area contributed by atoms with Crippen molar-refractivity contribution in [1.29, 1.82) is 0 Å². The van der Waals surface area contributed by atoms with Gasteiger partial charge in [-0.3, -0.25) is 4.79 Å². The Morgan fingerprint density at radius 2 is 2.00 bits per heavy atom. The van der Waals surface area contributed by atoms with E-state index in [9.17, 15) is 9.18 Å². The summed E-state index contributed by atoms with van der Waals surface area (Å²) < 4.78 is 13.4. The molecule has 0 fully saturated rings. The van der Waals surface area contributed by atoms with Gasteiger partial charge in [-0.2, -0.15) is 0 Å². The first kappa shape index (κ1) is 13.8. The van der Waals surface area contributed by atoms with Gasteiger partial charge in [0.05, 0.1) is 0 Å². The monoisotopic (exact) mass is 284 g/mol. The van der Waals surface area contributed by atoms with Gasteiger partial charge in [-0.1, -0.05) is 36.4 Å². The van der Waals surface area contributed by atoms with Crippen LogP contribution in [0.5, 0.6) is 0 Å². The largest absolute Gasteiger partial charge is 0.324 e. The summed E-state index contributed by atoms with van der Waals surface area (Å²) in [6.07, 6.45) is 0.988. The van der Waals surface area contributed by atoms with Crippen LogP contribution in [-0.2, 0) is 11.2 Å². The second-order valence-corrected chi connectivity index (χ2v) is 5.29. The van der Waals surface area contributed by atoms with Crippen molar-refractivity contribution in [3.63, 3.8) is 0 Å². The zero-order valence-electron chi connectivity index (χ0n) is 11.6. The number of nitrogens with zero attached hydrogens (tertiary/aromatic N) is 1. The van der Waals surface area contributed by atoms with Crippen LogP contribution in [0, 0.1) is 5.82 Å². The summed E-state index contributed by atoms with van der Waals surface area (Å²) in [6.45, 7) is 0.596. The maximum atomic E-state index is 13.4. The number of nitrogens with two attached hydrogens (primary N) is 1. The lowest BCUT2D eigenvalue weighted by molar-refractivity contribution is -0.118. The van der Waals surface area contributed by atoms with Gasteiger partial charge in [0, 0.05) is 24.7 Å². The van der Waals surface area contributed by atoms with Crippen LogP contribution in [0.15, 0.2) is 48.5 Å². The molecule has 0 saturated carbocycles. The number of anilines is 1. The second kappa shape index (κ2) is 5.66. The van der Waals surface area contributed by atoms with Gasteiger partial charge >= 0.3 is 0 Å². The molecular weight excluding hydrogens is 267 g/mol. The molecule has 0 bridgehead atoms. The molecule has 108 valence electrons. The van der Waals surface area contributed by atoms with E-state index in [1.165, 1.54) is 12.1 Å². The highest BCUT2D eigenvalue weighted by molar-refractivity contribution is 5.95. The standard InChI is InChI=1S/C17H17FN2O/c18-14-7-6-13-8-9-20(16(13)10-14)17(21)11-15(19)12-4-2-1-3-5-12/h1-7,10,15H,8-9,11,19H2. The van der Waals surface area contributed by atoms with Crippen molar-refractivity contribution in [3.05, 3.63) is 65.5 Å². The van der Waals surface area contributed by atoms with Crippen molar-refractivity contribution in [2.24, 2.45) is 5.73 Å². The molecule has 0 radical (unpaired) electrons. The summed E-state index contributed by atoms with van der Waals surface area (Å²) in [5.41, 5.74) is 8.72. The minimum atomic E-state index is -0.337. The van der Waals surface area contributed by atoms with Gasteiger partial charge in [0.2, 0.25) is 5.91 Å². The molecule has 1 atom stereocenters. The molecule has 0 aromatic heterocycles. The quantitative estimate of drug-likeness (QED) is 0.942. The number of fused-ring (bicyclic) bond motifs is 1. The number of hydrogen-bond acceptors (Lipinski definition) is 2. The molecule has 1 aliphatic heterocycles. The van der Waals surface area contributed by atoms with Crippen LogP contribution in [0.4, 0.5) is 10.1 Å². The first-order valence-electron chi connectivity index (χ1n) is 7.04. The Kier molecular flexibility index (Phi) is 3.71. The average Bonchev–Trinajstić information content (AvgIpc) is 2.91. The number of benzene rings is 2. The molecule has 1 amide bonds. The highest BCUT2D eigenvalue weighted by Crippen LogP contribution is 2.30. The number of carbonyl (C=O) groups is 1. The Morgan fingerprint density at radius 3 is 2.76 bits per heavy atom. The smallest absolute Gasteiger partial charge is 0.228 e. The van der Waals surface area contributed by atoms with Crippen LogP contribution >= 0.6 is 0 Å². The van der Waals surface area contributed by atoms with E-state index < -0.39 is 0 Å². The zero-order valence-corrected chi connectivity index (χ0v) is 11.6. The number of rotatable bonds is 3. The molecule has 1 heterocycles. The van der Waals surface area contributed by atoms with Crippen LogP contribution < -0.4 is 10.6 Å². The average molecular weight is 284 g/mol. The van der Waals surface area contributed by atoms with Gasteiger partial charge in [-0.15, -0.1) is 0 Å². The molecule has 3 nitrogen and oxygen atoms in total. The first-order valence-corrected chi connectivity index (χ1v) is 7.04. The number of amides is 1. The minimum absolute atomic E-state index is 0.0595. The van der Waals surface area contributed by atoms with Crippen molar-refractivity contribution < 1.29 is 9.18 Å². The third-order valence-corrected chi connectivity index (χ3v) is 3.87. The van der Waals surface area contributed by atoms with Crippen molar-refractivity contribution in [2.75, 3.05) is 11.4 Å². The fraction of sp³-hybridized carbons (Fsp3) is 0.235. The lowest BCUT2D eigenvalue weighted by Crippen LogP contribution is -2.31. The van der Waals surface area contributed by atoms with Crippen molar-refractivity contribution in [1.82, 2.24) is 0 Å². The van der Waals surface area contributed by atoms with E-state index in [4.69, 9.17) is 5.73 Å². The normalized spacial score (nSPS) is 14.9. The van der Waals surface area contributed by atoms with Crippen molar-refractivity contribution in [3.8, 4) is 0 Å². The Hall–Kier alpha value is -2.20. The number of hydrogen-bond donors (Lipinski definition) is 1. The SMILES string of the molecule is NC(CC(=O)N1CCc2ccc(F)cc21)c1ccccc1. The fourth-order valence-electron chi connectivity index (χ4n) is 2.73. The minimum Gasteiger partial charge on any atom is -0.324 e. The predicted molar refractivity (Wildman–Crippen MR) is 80.4 cm³/mol. The Morgan fingerprint density at radius 1 is 1.24 bits per heavy atom. The van der Waals surface area contributed by atoms with Crippen molar-refractivity contribution >= 4 is 11.6 Å². The van der Waals surface area contributed by atoms with Crippen LogP contribution in [-0.4, -0.2) is 12.5 Å². The summed E-state index contributed by atoms with van der Waals surface area (Å²) in [5, 5.41) is 0. The first-order chi connectivity index (χ1) is 10.1.